The zero-order valence-electron chi connectivity index (χ0n) is 10.5. The molecule has 2 amide bonds. The van der Waals surface area contributed by atoms with Gasteiger partial charge >= 0.3 is 12.0 Å². The smallest absolute Gasteiger partial charge is 0.335 e. The van der Waals surface area contributed by atoms with E-state index < -0.39 is 5.97 Å². The van der Waals surface area contributed by atoms with Crippen molar-refractivity contribution >= 4 is 17.7 Å². The summed E-state index contributed by atoms with van der Waals surface area (Å²) in [5.41, 5.74) is 0.577. The number of anilines is 1. The highest BCUT2D eigenvalue weighted by atomic mass is 16.4. The lowest BCUT2D eigenvalue weighted by molar-refractivity contribution is 0.0697. The molecule has 0 unspecified atom stereocenters. The van der Waals surface area contributed by atoms with Crippen molar-refractivity contribution in [3.63, 3.8) is 0 Å². The van der Waals surface area contributed by atoms with E-state index in [0.29, 0.717) is 18.7 Å². The number of amides is 2. The minimum atomic E-state index is -1.03. The Morgan fingerprint density at radius 2 is 2.11 bits per heavy atom. The van der Waals surface area contributed by atoms with Gasteiger partial charge in [0, 0.05) is 18.7 Å². The first-order valence-electron chi connectivity index (χ1n) is 5.95. The second-order valence-electron chi connectivity index (χ2n) is 3.93. The zero-order chi connectivity index (χ0) is 14.1. The van der Waals surface area contributed by atoms with Crippen molar-refractivity contribution in [1.29, 1.82) is 0 Å². The van der Waals surface area contributed by atoms with E-state index in [-0.39, 0.29) is 11.6 Å². The summed E-state index contributed by atoms with van der Waals surface area (Å²) in [5, 5.41) is 14.1. The molecule has 1 aromatic rings. The Bertz CT molecular complexity index is 492. The molecule has 5 heteroatoms. The maximum atomic E-state index is 11.5. The lowest BCUT2D eigenvalue weighted by Gasteiger charge is -2.07. The van der Waals surface area contributed by atoms with Crippen molar-refractivity contribution in [2.24, 2.45) is 0 Å². The fourth-order valence-electron chi connectivity index (χ4n) is 1.46. The average Bonchev–Trinajstić information content (AvgIpc) is 2.38. The highest BCUT2D eigenvalue weighted by molar-refractivity contribution is 5.93. The van der Waals surface area contributed by atoms with Gasteiger partial charge in [0.2, 0.25) is 0 Å². The first kappa shape index (κ1) is 14.6. The summed E-state index contributed by atoms with van der Waals surface area (Å²) in [5.74, 6) is 1.50. The molecule has 0 saturated heterocycles. The van der Waals surface area contributed by atoms with E-state index in [1.54, 1.807) is 12.1 Å². The van der Waals surface area contributed by atoms with Crippen LogP contribution in [0.4, 0.5) is 10.5 Å². The molecular formula is C14H16N2O3. The highest BCUT2D eigenvalue weighted by Crippen LogP contribution is 2.10. The monoisotopic (exact) mass is 260 g/mol. The molecule has 1 aromatic carbocycles. The van der Waals surface area contributed by atoms with Gasteiger partial charge < -0.3 is 15.7 Å². The minimum Gasteiger partial charge on any atom is -0.478 e. The lowest BCUT2D eigenvalue weighted by Crippen LogP contribution is -2.29. The molecule has 0 radical (unpaired) electrons. The van der Waals surface area contributed by atoms with Gasteiger partial charge in [-0.25, -0.2) is 9.59 Å². The molecule has 0 fully saturated rings. The van der Waals surface area contributed by atoms with E-state index in [2.05, 4.69) is 16.6 Å². The molecule has 0 bridgehead atoms. The van der Waals surface area contributed by atoms with Crippen LogP contribution in [0.5, 0.6) is 0 Å². The number of urea groups is 1. The molecule has 19 heavy (non-hydrogen) atoms. The molecule has 0 aromatic heterocycles. The third kappa shape index (κ3) is 5.59. The van der Waals surface area contributed by atoms with Crippen LogP contribution in [0, 0.1) is 12.3 Å². The predicted molar refractivity (Wildman–Crippen MR) is 73.1 cm³/mol. The van der Waals surface area contributed by atoms with Crippen molar-refractivity contribution in [2.75, 3.05) is 11.9 Å². The summed E-state index contributed by atoms with van der Waals surface area (Å²) in [6.07, 6.45) is 7.49. The van der Waals surface area contributed by atoms with E-state index in [0.717, 1.165) is 12.8 Å². The van der Waals surface area contributed by atoms with Gasteiger partial charge in [-0.15, -0.1) is 12.3 Å². The Labute approximate surface area is 112 Å². The standard InChI is InChI=1S/C14H16N2O3/c1-2-3-4-5-9-15-14(19)16-12-8-6-7-11(10-12)13(17)18/h1,6-8,10H,3-5,9H2,(H,17,18)(H2,15,16,19). The summed E-state index contributed by atoms with van der Waals surface area (Å²) < 4.78 is 0. The van der Waals surface area contributed by atoms with Crippen molar-refractivity contribution in [1.82, 2.24) is 5.32 Å². The number of aromatic carboxylic acids is 1. The van der Waals surface area contributed by atoms with Crippen LogP contribution < -0.4 is 10.6 Å². The molecule has 0 spiro atoms. The third-order valence-corrected chi connectivity index (χ3v) is 2.40. The number of terminal acetylenes is 1. The van der Waals surface area contributed by atoms with Crippen LogP contribution in [0.3, 0.4) is 0 Å². The molecule has 0 atom stereocenters. The molecule has 0 saturated carbocycles. The molecule has 0 aliphatic rings. The minimum absolute atomic E-state index is 0.131. The fraction of sp³-hybridized carbons (Fsp3) is 0.286. The Balaban J connectivity index is 2.38. The van der Waals surface area contributed by atoms with Crippen LogP contribution in [0.25, 0.3) is 0 Å². The molecule has 0 heterocycles. The number of hydrogen-bond acceptors (Lipinski definition) is 2. The van der Waals surface area contributed by atoms with Crippen LogP contribution in [0.1, 0.15) is 29.6 Å². The number of hydrogen-bond donors (Lipinski definition) is 3. The fourth-order valence-corrected chi connectivity index (χ4v) is 1.46. The van der Waals surface area contributed by atoms with Gasteiger partial charge in [-0.05, 0) is 31.0 Å². The van der Waals surface area contributed by atoms with Crippen LogP contribution >= 0.6 is 0 Å². The normalized spacial score (nSPS) is 9.42. The van der Waals surface area contributed by atoms with Crippen molar-refractivity contribution in [3.8, 4) is 12.3 Å². The van der Waals surface area contributed by atoms with Gasteiger partial charge in [-0.3, -0.25) is 0 Å². The van der Waals surface area contributed by atoms with Crippen molar-refractivity contribution < 1.29 is 14.7 Å². The maximum absolute atomic E-state index is 11.5. The largest absolute Gasteiger partial charge is 0.478 e. The molecule has 5 nitrogen and oxygen atoms in total. The highest BCUT2D eigenvalue weighted by Gasteiger charge is 2.05. The van der Waals surface area contributed by atoms with E-state index in [1.807, 2.05) is 0 Å². The Kier molecular flexibility index (Phi) is 5.96. The number of nitrogens with one attached hydrogen (secondary N) is 2. The van der Waals surface area contributed by atoms with Crippen LogP contribution in [-0.2, 0) is 0 Å². The molecule has 1 rings (SSSR count). The Morgan fingerprint density at radius 3 is 2.79 bits per heavy atom. The molecular weight excluding hydrogens is 244 g/mol. The van der Waals surface area contributed by atoms with Crippen molar-refractivity contribution in [2.45, 2.75) is 19.3 Å². The topological polar surface area (TPSA) is 78.4 Å². The quantitative estimate of drug-likeness (QED) is 0.542. The first-order chi connectivity index (χ1) is 9.13. The average molecular weight is 260 g/mol. The number of carbonyl (C=O) groups excluding carboxylic acids is 1. The predicted octanol–water partition coefficient (Wildman–Crippen LogP) is 2.31. The number of carboxylic acid groups (broad SMARTS) is 1. The Morgan fingerprint density at radius 1 is 1.32 bits per heavy atom. The van der Waals surface area contributed by atoms with Gasteiger partial charge in [0.25, 0.3) is 0 Å². The molecule has 100 valence electrons. The van der Waals surface area contributed by atoms with E-state index >= 15 is 0 Å². The number of benzene rings is 1. The van der Waals surface area contributed by atoms with E-state index in [1.165, 1.54) is 12.1 Å². The zero-order valence-corrected chi connectivity index (χ0v) is 10.5. The summed E-state index contributed by atoms with van der Waals surface area (Å²) in [4.78, 5) is 22.3. The number of rotatable bonds is 6. The second kappa shape index (κ2) is 7.77. The number of carboxylic acids is 1. The van der Waals surface area contributed by atoms with Crippen LogP contribution in [0.2, 0.25) is 0 Å². The van der Waals surface area contributed by atoms with Crippen LogP contribution in [0.15, 0.2) is 24.3 Å². The summed E-state index contributed by atoms with van der Waals surface area (Å²) in [7, 11) is 0. The second-order valence-corrected chi connectivity index (χ2v) is 3.93. The SMILES string of the molecule is C#CCCCCNC(=O)Nc1cccc(C(=O)O)c1. The van der Waals surface area contributed by atoms with Crippen LogP contribution in [-0.4, -0.2) is 23.7 Å². The van der Waals surface area contributed by atoms with E-state index in [4.69, 9.17) is 11.5 Å². The van der Waals surface area contributed by atoms with Gasteiger partial charge in [0.05, 0.1) is 5.56 Å². The van der Waals surface area contributed by atoms with Gasteiger partial charge in [0.1, 0.15) is 0 Å². The Hall–Kier alpha value is -2.48. The van der Waals surface area contributed by atoms with Gasteiger partial charge in [-0.2, -0.15) is 0 Å². The third-order valence-electron chi connectivity index (χ3n) is 2.40. The maximum Gasteiger partial charge on any atom is 0.335 e. The molecule has 0 aliphatic heterocycles. The van der Waals surface area contributed by atoms with Gasteiger partial charge in [-0.1, -0.05) is 6.07 Å². The summed E-state index contributed by atoms with van der Waals surface area (Å²) >= 11 is 0. The number of carbonyl (C=O) groups is 2. The summed E-state index contributed by atoms with van der Waals surface area (Å²) in [6.45, 7) is 0.534. The molecule has 0 aliphatic carbocycles. The molecule has 3 N–H and O–H groups in total. The first-order valence-corrected chi connectivity index (χ1v) is 5.95. The van der Waals surface area contributed by atoms with Gasteiger partial charge in [0.15, 0.2) is 0 Å². The lowest BCUT2D eigenvalue weighted by atomic mass is 10.2. The summed E-state index contributed by atoms with van der Waals surface area (Å²) in [6, 6.07) is 5.71. The number of unbranched alkanes of at least 4 members (excludes halogenated alkanes) is 2. The van der Waals surface area contributed by atoms with E-state index in [9.17, 15) is 9.59 Å². The van der Waals surface area contributed by atoms with Crippen molar-refractivity contribution in [3.05, 3.63) is 29.8 Å².